The largest absolute Gasteiger partial charge is 0.482 e. The second-order valence-electron chi connectivity index (χ2n) is 6.40. The molecule has 0 aromatic heterocycles. The van der Waals surface area contributed by atoms with Gasteiger partial charge in [-0.15, -0.1) is 0 Å². The third-order valence-electron chi connectivity index (χ3n) is 4.54. The number of amides is 1. The molecule has 132 valence electrons. The Balaban J connectivity index is 1.51. The van der Waals surface area contributed by atoms with Crippen molar-refractivity contribution < 1.29 is 14.4 Å². The lowest BCUT2D eigenvalue weighted by Gasteiger charge is -2.15. The van der Waals surface area contributed by atoms with Crippen molar-refractivity contribution in [3.8, 4) is 5.75 Å². The fourth-order valence-corrected chi connectivity index (χ4v) is 3.36. The number of carbonyl (C=O) groups is 1. The van der Waals surface area contributed by atoms with Crippen molar-refractivity contribution in [2.24, 2.45) is 0 Å². The van der Waals surface area contributed by atoms with Crippen molar-refractivity contribution in [2.45, 2.75) is 25.9 Å². The maximum absolute atomic E-state index is 12.1. The Hall–Kier alpha value is -2.04. The molecule has 2 aromatic carbocycles. The molecule has 0 atom stereocenters. The Bertz CT molecular complexity index is 714. The summed E-state index contributed by atoms with van der Waals surface area (Å²) in [6.07, 6.45) is 2.63. The van der Waals surface area contributed by atoms with Gasteiger partial charge < -0.3 is 15.0 Å². The summed E-state index contributed by atoms with van der Waals surface area (Å²) in [6, 6.07) is 15.5. The zero-order chi connectivity index (χ0) is 17.5. The summed E-state index contributed by atoms with van der Waals surface area (Å²) in [4.78, 5) is 13.7. The van der Waals surface area contributed by atoms with Crippen LogP contribution in [-0.2, 0) is 17.9 Å². The summed E-state index contributed by atoms with van der Waals surface area (Å²) in [5.74, 6) is 0.376. The molecule has 2 N–H and O–H groups in total. The van der Waals surface area contributed by atoms with Gasteiger partial charge in [0, 0.05) is 24.9 Å². The lowest BCUT2D eigenvalue weighted by molar-refractivity contribution is -0.901. The van der Waals surface area contributed by atoms with Crippen molar-refractivity contribution in [2.75, 3.05) is 19.7 Å². The Labute approximate surface area is 153 Å². The maximum Gasteiger partial charge on any atom is 0.258 e. The number of nitrogens with one attached hydrogen (secondary N) is 2. The van der Waals surface area contributed by atoms with Crippen LogP contribution in [-0.4, -0.2) is 25.6 Å². The van der Waals surface area contributed by atoms with Gasteiger partial charge in [0.25, 0.3) is 5.91 Å². The van der Waals surface area contributed by atoms with Crippen LogP contribution in [0.1, 0.15) is 24.0 Å². The fourth-order valence-electron chi connectivity index (χ4n) is 3.17. The third-order valence-corrected chi connectivity index (χ3v) is 4.85. The van der Waals surface area contributed by atoms with E-state index in [2.05, 4.69) is 23.5 Å². The van der Waals surface area contributed by atoms with Crippen LogP contribution in [0.15, 0.2) is 48.5 Å². The maximum atomic E-state index is 12.1. The molecule has 1 amide bonds. The zero-order valence-corrected chi connectivity index (χ0v) is 15.0. The molecule has 0 aliphatic carbocycles. The van der Waals surface area contributed by atoms with Gasteiger partial charge in [0.05, 0.1) is 18.1 Å². The SMILES string of the molecule is O=C(COc1ccccc1Cl)NCc1ccccc1C[NH+]1CCCC1. The summed E-state index contributed by atoms with van der Waals surface area (Å²) in [6.45, 7) is 4.00. The first-order chi connectivity index (χ1) is 12.2. The van der Waals surface area contributed by atoms with E-state index in [4.69, 9.17) is 16.3 Å². The number of carbonyl (C=O) groups excluding carboxylic acids is 1. The third kappa shape index (κ3) is 5.21. The molecule has 1 aliphatic rings. The van der Waals surface area contributed by atoms with Gasteiger partial charge in [-0.25, -0.2) is 0 Å². The highest BCUT2D eigenvalue weighted by atomic mass is 35.5. The van der Waals surface area contributed by atoms with Crippen LogP contribution in [0.4, 0.5) is 0 Å². The monoisotopic (exact) mass is 359 g/mol. The molecule has 4 nitrogen and oxygen atoms in total. The van der Waals surface area contributed by atoms with Crippen LogP contribution >= 0.6 is 11.6 Å². The quantitative estimate of drug-likeness (QED) is 0.796. The minimum absolute atomic E-state index is 0.0384. The second-order valence-corrected chi connectivity index (χ2v) is 6.81. The first kappa shape index (κ1) is 17.8. The first-order valence-corrected chi connectivity index (χ1v) is 9.14. The van der Waals surface area contributed by atoms with Crippen molar-refractivity contribution in [3.05, 3.63) is 64.7 Å². The highest BCUT2D eigenvalue weighted by Gasteiger charge is 2.17. The number of benzene rings is 2. The van der Waals surface area contributed by atoms with Crippen LogP contribution in [0.2, 0.25) is 5.02 Å². The predicted octanol–water partition coefficient (Wildman–Crippen LogP) is 2.21. The summed E-state index contributed by atoms with van der Waals surface area (Å²) >= 11 is 6.02. The number of hydrogen-bond donors (Lipinski definition) is 2. The zero-order valence-electron chi connectivity index (χ0n) is 14.3. The van der Waals surface area contributed by atoms with Crippen molar-refractivity contribution in [3.63, 3.8) is 0 Å². The average molecular weight is 360 g/mol. The van der Waals surface area contributed by atoms with Gasteiger partial charge >= 0.3 is 0 Å². The fraction of sp³-hybridized carbons (Fsp3) is 0.350. The van der Waals surface area contributed by atoms with Crippen molar-refractivity contribution in [1.82, 2.24) is 5.32 Å². The van der Waals surface area contributed by atoms with Gasteiger partial charge in [0.15, 0.2) is 6.61 Å². The summed E-state index contributed by atoms with van der Waals surface area (Å²) in [5.41, 5.74) is 2.49. The molecular weight excluding hydrogens is 336 g/mol. The topological polar surface area (TPSA) is 42.8 Å². The highest BCUT2D eigenvalue weighted by molar-refractivity contribution is 6.32. The number of quaternary nitrogens is 1. The highest BCUT2D eigenvalue weighted by Crippen LogP contribution is 2.22. The van der Waals surface area contributed by atoms with E-state index >= 15 is 0 Å². The lowest BCUT2D eigenvalue weighted by Crippen LogP contribution is -3.08. The summed E-state index contributed by atoms with van der Waals surface area (Å²) in [7, 11) is 0. The molecule has 1 fully saturated rings. The van der Waals surface area contributed by atoms with Crippen LogP contribution in [0.25, 0.3) is 0 Å². The number of ether oxygens (including phenoxy) is 1. The van der Waals surface area contributed by atoms with E-state index in [0.717, 1.165) is 6.54 Å². The minimum Gasteiger partial charge on any atom is -0.482 e. The van der Waals surface area contributed by atoms with Crippen molar-refractivity contribution in [1.29, 1.82) is 0 Å². The molecule has 1 saturated heterocycles. The number of hydrogen-bond acceptors (Lipinski definition) is 2. The van der Waals surface area contributed by atoms with Gasteiger partial charge in [-0.2, -0.15) is 0 Å². The summed E-state index contributed by atoms with van der Waals surface area (Å²) < 4.78 is 5.48. The number of para-hydroxylation sites is 1. The lowest BCUT2D eigenvalue weighted by atomic mass is 10.1. The van der Waals surface area contributed by atoms with E-state index in [1.165, 1.54) is 37.1 Å². The molecule has 3 rings (SSSR count). The van der Waals surface area contributed by atoms with Gasteiger partial charge in [0.1, 0.15) is 12.3 Å². The molecule has 0 saturated carbocycles. The van der Waals surface area contributed by atoms with E-state index in [-0.39, 0.29) is 12.5 Å². The van der Waals surface area contributed by atoms with Gasteiger partial charge in [0.2, 0.25) is 0 Å². The second kappa shape index (κ2) is 8.88. The molecule has 0 bridgehead atoms. The van der Waals surface area contributed by atoms with E-state index in [9.17, 15) is 4.79 Å². The molecule has 1 aliphatic heterocycles. The Morgan fingerprint density at radius 3 is 2.48 bits per heavy atom. The van der Waals surface area contributed by atoms with Gasteiger partial charge in [-0.05, 0) is 17.7 Å². The number of halogens is 1. The van der Waals surface area contributed by atoms with E-state index in [0.29, 0.717) is 17.3 Å². The Kier molecular flexibility index (Phi) is 6.31. The molecule has 1 heterocycles. The smallest absolute Gasteiger partial charge is 0.258 e. The number of rotatable bonds is 7. The number of likely N-dealkylation sites (tertiary alicyclic amines) is 1. The van der Waals surface area contributed by atoms with Crippen LogP contribution in [0.5, 0.6) is 5.75 Å². The average Bonchev–Trinajstić information content (AvgIpc) is 3.13. The molecule has 5 heteroatoms. The van der Waals surface area contributed by atoms with Crippen LogP contribution in [0, 0.1) is 0 Å². The Morgan fingerprint density at radius 2 is 1.72 bits per heavy atom. The first-order valence-electron chi connectivity index (χ1n) is 8.77. The molecule has 0 spiro atoms. The van der Waals surface area contributed by atoms with Crippen molar-refractivity contribution >= 4 is 17.5 Å². The van der Waals surface area contributed by atoms with E-state index < -0.39 is 0 Å². The minimum atomic E-state index is -0.150. The molecule has 0 radical (unpaired) electrons. The Morgan fingerprint density at radius 1 is 1.04 bits per heavy atom. The summed E-state index contributed by atoms with van der Waals surface area (Å²) in [5, 5.41) is 3.45. The van der Waals surface area contributed by atoms with Crippen LogP contribution < -0.4 is 15.0 Å². The van der Waals surface area contributed by atoms with E-state index in [1.807, 2.05) is 18.2 Å². The normalized spacial score (nSPS) is 14.4. The van der Waals surface area contributed by atoms with Gasteiger partial charge in [-0.1, -0.05) is 48.0 Å². The standard InChI is InChI=1S/C20H23ClN2O2/c21-18-9-3-4-10-19(18)25-15-20(24)22-13-16-7-1-2-8-17(16)14-23-11-5-6-12-23/h1-4,7-10H,5-6,11-15H2,(H,22,24)/p+1. The predicted molar refractivity (Wildman–Crippen MR) is 98.9 cm³/mol. The van der Waals surface area contributed by atoms with E-state index in [1.54, 1.807) is 17.0 Å². The molecular formula is C20H24ClN2O2+. The molecule has 0 unspecified atom stereocenters. The van der Waals surface area contributed by atoms with Crippen LogP contribution in [0.3, 0.4) is 0 Å². The molecule has 25 heavy (non-hydrogen) atoms. The van der Waals surface area contributed by atoms with Gasteiger partial charge in [-0.3, -0.25) is 4.79 Å². The molecule has 2 aromatic rings.